The number of hydrogen-bond acceptors (Lipinski definition) is 4. The van der Waals surface area contributed by atoms with Gasteiger partial charge in [0.2, 0.25) is 0 Å². The topological polar surface area (TPSA) is 73.6 Å². The van der Waals surface area contributed by atoms with Crippen molar-refractivity contribution in [3.05, 3.63) is 28.3 Å². The predicted octanol–water partition coefficient (Wildman–Crippen LogP) is 2.68. The molecule has 0 heterocycles. The van der Waals surface area contributed by atoms with Crippen molar-refractivity contribution in [1.29, 1.82) is 0 Å². The molecule has 2 atom stereocenters. The Labute approximate surface area is 140 Å². The van der Waals surface area contributed by atoms with E-state index in [1.54, 1.807) is 13.2 Å². The van der Waals surface area contributed by atoms with Crippen molar-refractivity contribution in [2.45, 2.75) is 38.5 Å². The minimum atomic E-state index is -1.25. The highest BCUT2D eigenvalue weighted by Crippen LogP contribution is 2.31. The van der Waals surface area contributed by atoms with Crippen LogP contribution in [0.2, 0.25) is 5.02 Å². The Morgan fingerprint density at radius 2 is 2.05 bits per heavy atom. The van der Waals surface area contributed by atoms with E-state index in [-0.39, 0.29) is 19.4 Å². The van der Waals surface area contributed by atoms with Crippen LogP contribution in [0.3, 0.4) is 0 Å². The highest BCUT2D eigenvalue weighted by molar-refractivity contribution is 7.84. The van der Waals surface area contributed by atoms with Gasteiger partial charge in [0.1, 0.15) is 5.75 Å². The van der Waals surface area contributed by atoms with Gasteiger partial charge in [0.05, 0.1) is 21.8 Å². The highest BCUT2D eigenvalue weighted by atomic mass is 35.5. The quantitative estimate of drug-likeness (QED) is 0.743. The van der Waals surface area contributed by atoms with Gasteiger partial charge in [0.15, 0.2) is 6.79 Å². The van der Waals surface area contributed by atoms with E-state index < -0.39 is 15.7 Å². The number of hydrogen-bond donors (Lipinski definition) is 2. The fourth-order valence-electron chi connectivity index (χ4n) is 1.73. The molecule has 7 heteroatoms. The SMILES string of the molecule is COCOc1cc(C)c(Cl)cc1[C@@H](CN)N[S@@](=O)C(C)(C)C. The molecule has 0 fully saturated rings. The minimum absolute atomic E-state index is 0.119. The van der Waals surface area contributed by atoms with Gasteiger partial charge < -0.3 is 15.2 Å². The molecule has 0 aliphatic rings. The molecule has 1 aromatic rings. The molecule has 5 nitrogen and oxygen atoms in total. The third kappa shape index (κ3) is 5.21. The molecule has 0 unspecified atom stereocenters. The summed E-state index contributed by atoms with van der Waals surface area (Å²) in [6, 6.07) is 3.30. The molecule has 0 bridgehead atoms. The number of nitrogens with one attached hydrogen (secondary N) is 1. The average Bonchev–Trinajstić information content (AvgIpc) is 2.44. The first-order chi connectivity index (χ1) is 10.2. The number of aryl methyl sites for hydroxylation is 1. The molecule has 126 valence electrons. The molecule has 1 rings (SSSR count). The predicted molar refractivity (Wildman–Crippen MR) is 91.5 cm³/mol. The van der Waals surface area contributed by atoms with E-state index in [4.69, 9.17) is 26.8 Å². The molecular formula is C15H25ClN2O3S. The zero-order valence-corrected chi connectivity index (χ0v) is 15.3. The zero-order valence-electron chi connectivity index (χ0n) is 13.7. The van der Waals surface area contributed by atoms with Gasteiger partial charge in [-0.3, -0.25) is 0 Å². The van der Waals surface area contributed by atoms with Gasteiger partial charge in [-0.2, -0.15) is 0 Å². The summed E-state index contributed by atoms with van der Waals surface area (Å²) < 4.78 is 25.5. The summed E-state index contributed by atoms with van der Waals surface area (Å²) in [5, 5.41) is 0.613. The second kappa shape index (κ2) is 8.26. The standard InChI is InChI=1S/C15H25ClN2O3S/c1-10-6-14(21-9-20-5)11(7-12(10)16)13(8-17)18-22(19)15(2,3)4/h6-7,13,18H,8-9,17H2,1-5H3/t13-,22+/m1/s1. The number of benzene rings is 1. The van der Waals surface area contributed by atoms with Crippen LogP contribution in [-0.4, -0.2) is 29.4 Å². The lowest BCUT2D eigenvalue weighted by molar-refractivity contribution is 0.0501. The van der Waals surface area contributed by atoms with E-state index in [1.807, 2.05) is 33.8 Å². The first kappa shape index (κ1) is 19.4. The molecule has 3 N–H and O–H groups in total. The Bertz CT molecular complexity index is 532. The highest BCUT2D eigenvalue weighted by Gasteiger charge is 2.25. The van der Waals surface area contributed by atoms with Gasteiger partial charge >= 0.3 is 0 Å². The van der Waals surface area contributed by atoms with Crippen molar-refractivity contribution in [1.82, 2.24) is 4.72 Å². The third-order valence-corrected chi connectivity index (χ3v) is 5.06. The molecule has 0 saturated heterocycles. The minimum Gasteiger partial charge on any atom is -0.467 e. The van der Waals surface area contributed by atoms with E-state index in [0.717, 1.165) is 11.1 Å². The Kier molecular flexibility index (Phi) is 7.28. The smallest absolute Gasteiger partial charge is 0.188 e. The number of nitrogens with two attached hydrogens (primary N) is 1. The lowest BCUT2D eigenvalue weighted by Crippen LogP contribution is -2.38. The second-order valence-electron chi connectivity index (χ2n) is 5.98. The number of methoxy groups -OCH3 is 1. The maximum Gasteiger partial charge on any atom is 0.188 e. The summed E-state index contributed by atoms with van der Waals surface area (Å²) in [5.74, 6) is 0.623. The summed E-state index contributed by atoms with van der Waals surface area (Å²) >= 11 is 6.22. The monoisotopic (exact) mass is 348 g/mol. The van der Waals surface area contributed by atoms with Crippen LogP contribution in [0.1, 0.15) is 37.9 Å². The third-order valence-electron chi connectivity index (χ3n) is 3.04. The zero-order chi connectivity index (χ0) is 16.9. The van der Waals surface area contributed by atoms with Crippen LogP contribution in [0, 0.1) is 6.92 Å². The number of rotatable bonds is 7. The van der Waals surface area contributed by atoms with Crippen LogP contribution in [0.4, 0.5) is 0 Å². The maximum absolute atomic E-state index is 12.3. The molecule has 0 aromatic heterocycles. The number of ether oxygens (including phenoxy) is 2. The average molecular weight is 349 g/mol. The fraction of sp³-hybridized carbons (Fsp3) is 0.600. The molecule has 0 aliphatic carbocycles. The normalized spacial score (nSPS) is 14.7. The summed E-state index contributed by atoms with van der Waals surface area (Å²) in [7, 11) is 0.298. The Hall–Kier alpha value is -0.660. The van der Waals surface area contributed by atoms with E-state index in [1.165, 1.54) is 0 Å². The van der Waals surface area contributed by atoms with Gasteiger partial charge in [0.25, 0.3) is 0 Å². The van der Waals surface area contributed by atoms with Crippen molar-refractivity contribution in [2.75, 3.05) is 20.4 Å². The van der Waals surface area contributed by atoms with Crippen LogP contribution in [0.25, 0.3) is 0 Å². The van der Waals surface area contributed by atoms with Crippen LogP contribution in [-0.2, 0) is 15.7 Å². The van der Waals surface area contributed by atoms with Crippen LogP contribution in [0.5, 0.6) is 5.75 Å². The summed E-state index contributed by atoms with van der Waals surface area (Å²) in [6.45, 7) is 7.97. The van der Waals surface area contributed by atoms with Crippen molar-refractivity contribution < 1.29 is 13.7 Å². The van der Waals surface area contributed by atoms with Crippen LogP contribution >= 0.6 is 11.6 Å². The Morgan fingerprint density at radius 1 is 1.41 bits per heavy atom. The summed E-state index contributed by atoms with van der Waals surface area (Å²) in [4.78, 5) is 0. The van der Waals surface area contributed by atoms with Gasteiger partial charge in [-0.25, -0.2) is 8.93 Å². The first-order valence-electron chi connectivity index (χ1n) is 7.00. The second-order valence-corrected chi connectivity index (χ2v) is 8.38. The van der Waals surface area contributed by atoms with Crippen LogP contribution < -0.4 is 15.2 Å². The molecule has 0 aliphatic heterocycles. The van der Waals surface area contributed by atoms with E-state index in [0.29, 0.717) is 10.8 Å². The molecule has 22 heavy (non-hydrogen) atoms. The van der Waals surface area contributed by atoms with E-state index in [9.17, 15) is 4.21 Å². The molecule has 0 spiro atoms. The Morgan fingerprint density at radius 3 is 2.55 bits per heavy atom. The molecule has 1 aromatic carbocycles. The van der Waals surface area contributed by atoms with Gasteiger partial charge in [0, 0.05) is 24.2 Å². The Balaban J connectivity index is 3.14. The van der Waals surface area contributed by atoms with Gasteiger partial charge in [-0.05, 0) is 45.4 Å². The lowest BCUT2D eigenvalue weighted by Gasteiger charge is -2.25. The van der Waals surface area contributed by atoms with Crippen LogP contribution in [0.15, 0.2) is 12.1 Å². The number of halogens is 1. The molecule has 0 radical (unpaired) electrons. The lowest BCUT2D eigenvalue weighted by atomic mass is 10.0. The van der Waals surface area contributed by atoms with E-state index in [2.05, 4.69) is 4.72 Å². The summed E-state index contributed by atoms with van der Waals surface area (Å²) in [6.07, 6.45) is 0. The van der Waals surface area contributed by atoms with E-state index >= 15 is 0 Å². The summed E-state index contributed by atoms with van der Waals surface area (Å²) in [5.41, 5.74) is 7.52. The fourth-order valence-corrected chi connectivity index (χ4v) is 2.74. The molecular weight excluding hydrogens is 324 g/mol. The van der Waals surface area contributed by atoms with Crippen molar-refractivity contribution in [3.63, 3.8) is 0 Å². The van der Waals surface area contributed by atoms with Gasteiger partial charge in [-0.15, -0.1) is 0 Å². The van der Waals surface area contributed by atoms with Gasteiger partial charge in [-0.1, -0.05) is 11.6 Å². The largest absolute Gasteiger partial charge is 0.467 e. The van der Waals surface area contributed by atoms with Crippen molar-refractivity contribution >= 4 is 22.6 Å². The first-order valence-corrected chi connectivity index (χ1v) is 8.53. The molecule has 0 saturated carbocycles. The molecule has 0 amide bonds. The maximum atomic E-state index is 12.3. The van der Waals surface area contributed by atoms with Crippen molar-refractivity contribution in [3.8, 4) is 5.75 Å². The van der Waals surface area contributed by atoms with Crippen molar-refractivity contribution in [2.24, 2.45) is 5.73 Å².